The molecule has 2 heterocycles. The number of fused-ring (bicyclic) bond motifs is 3. The van der Waals surface area contributed by atoms with Crippen LogP contribution >= 0.6 is 0 Å². The maximum Gasteiger partial charge on any atom is 0.222 e. The van der Waals surface area contributed by atoms with E-state index in [1.807, 2.05) is 18.2 Å². The van der Waals surface area contributed by atoms with Gasteiger partial charge in [-0.2, -0.15) is 0 Å². The molecular formula is C14H13N3O2. The number of rotatable bonds is 1. The molecule has 0 bridgehead atoms. The van der Waals surface area contributed by atoms with Crippen LogP contribution in [-0.4, -0.2) is 10.9 Å². The number of aromatic nitrogens is 1. The molecule has 1 amide bonds. The lowest BCUT2D eigenvalue weighted by Crippen LogP contribution is -2.11. The molecule has 3 N–H and O–H groups in total. The van der Waals surface area contributed by atoms with E-state index in [1.54, 1.807) is 12.3 Å². The summed E-state index contributed by atoms with van der Waals surface area (Å²) in [5.74, 6) is 1.15. The van der Waals surface area contributed by atoms with E-state index >= 15 is 0 Å². The fourth-order valence-corrected chi connectivity index (χ4v) is 2.13. The first-order valence-corrected chi connectivity index (χ1v) is 5.93. The van der Waals surface area contributed by atoms with Crippen molar-refractivity contribution in [1.82, 2.24) is 4.98 Å². The number of nitrogen functional groups attached to an aromatic ring is 1. The van der Waals surface area contributed by atoms with Crippen LogP contribution in [-0.2, 0) is 11.4 Å². The molecular weight excluding hydrogens is 242 g/mol. The number of anilines is 2. The number of carbonyl (C=O) groups excluding carboxylic acids is 1. The van der Waals surface area contributed by atoms with Crippen LogP contribution in [0.15, 0.2) is 30.5 Å². The average Bonchev–Trinajstić information content (AvgIpc) is 2.37. The van der Waals surface area contributed by atoms with E-state index in [9.17, 15) is 4.79 Å². The summed E-state index contributed by atoms with van der Waals surface area (Å²) in [6, 6.07) is 7.40. The number of nitrogens with zero attached hydrogens (tertiary/aromatic N) is 1. The summed E-state index contributed by atoms with van der Waals surface area (Å²) in [6.07, 6.45) is 1.72. The average molecular weight is 255 g/mol. The first-order chi connectivity index (χ1) is 9.13. The van der Waals surface area contributed by atoms with Crippen LogP contribution in [0, 0.1) is 0 Å². The topological polar surface area (TPSA) is 77.2 Å². The summed E-state index contributed by atoms with van der Waals surface area (Å²) >= 11 is 0. The highest BCUT2D eigenvalue weighted by molar-refractivity contribution is 5.89. The van der Waals surface area contributed by atoms with E-state index in [4.69, 9.17) is 10.5 Å². The molecule has 0 spiro atoms. The van der Waals surface area contributed by atoms with Crippen molar-refractivity contribution in [3.8, 4) is 16.9 Å². The molecule has 0 aliphatic carbocycles. The van der Waals surface area contributed by atoms with Gasteiger partial charge in [0.15, 0.2) is 0 Å². The fourth-order valence-electron chi connectivity index (χ4n) is 2.13. The van der Waals surface area contributed by atoms with E-state index in [0.29, 0.717) is 18.1 Å². The Labute approximate surface area is 110 Å². The second-order valence-electron chi connectivity index (χ2n) is 4.45. The van der Waals surface area contributed by atoms with Gasteiger partial charge in [0.2, 0.25) is 5.91 Å². The molecule has 1 aromatic carbocycles. The first-order valence-electron chi connectivity index (χ1n) is 5.93. The van der Waals surface area contributed by atoms with Gasteiger partial charge in [0, 0.05) is 36.0 Å². The molecule has 5 nitrogen and oxygen atoms in total. The predicted molar refractivity (Wildman–Crippen MR) is 72.7 cm³/mol. The summed E-state index contributed by atoms with van der Waals surface area (Å²) < 4.78 is 5.64. The predicted octanol–water partition coefficient (Wildman–Crippen LogP) is 2.18. The molecule has 0 fully saturated rings. The van der Waals surface area contributed by atoms with Gasteiger partial charge in [0.25, 0.3) is 0 Å². The second kappa shape index (κ2) is 4.28. The number of nitrogens with two attached hydrogens (primary N) is 1. The van der Waals surface area contributed by atoms with E-state index in [1.165, 1.54) is 6.92 Å². The zero-order chi connectivity index (χ0) is 13.4. The Hall–Kier alpha value is -2.56. The van der Waals surface area contributed by atoms with Crippen LogP contribution in [0.25, 0.3) is 11.1 Å². The lowest BCUT2D eigenvalue weighted by molar-refractivity contribution is -0.114. The van der Waals surface area contributed by atoms with Gasteiger partial charge in [0.05, 0.1) is 0 Å². The molecule has 0 atom stereocenters. The maximum atomic E-state index is 11.1. The largest absolute Gasteiger partial charge is 0.488 e. The van der Waals surface area contributed by atoms with Crippen molar-refractivity contribution < 1.29 is 9.53 Å². The molecule has 2 aromatic rings. The number of carbonyl (C=O) groups is 1. The summed E-state index contributed by atoms with van der Waals surface area (Å²) in [5.41, 5.74) is 9.38. The minimum Gasteiger partial charge on any atom is -0.488 e. The molecule has 96 valence electrons. The maximum absolute atomic E-state index is 11.1. The summed E-state index contributed by atoms with van der Waals surface area (Å²) in [4.78, 5) is 15.3. The Balaban J connectivity index is 2.10. The molecule has 1 aliphatic rings. The zero-order valence-corrected chi connectivity index (χ0v) is 10.4. The number of nitrogens with one attached hydrogen (secondary N) is 1. The Bertz CT molecular complexity index is 668. The summed E-state index contributed by atoms with van der Waals surface area (Å²) in [5, 5.41) is 2.68. The highest BCUT2D eigenvalue weighted by atomic mass is 16.5. The van der Waals surface area contributed by atoms with Crippen LogP contribution in [0.1, 0.15) is 12.5 Å². The molecule has 0 saturated heterocycles. The second-order valence-corrected chi connectivity index (χ2v) is 4.45. The molecule has 19 heavy (non-hydrogen) atoms. The van der Waals surface area contributed by atoms with Gasteiger partial charge in [0.1, 0.15) is 18.2 Å². The van der Waals surface area contributed by atoms with Crippen LogP contribution in [0.3, 0.4) is 0 Å². The normalized spacial score (nSPS) is 12.1. The Morgan fingerprint density at radius 2 is 2.21 bits per heavy atom. The quantitative estimate of drug-likeness (QED) is 0.766. The van der Waals surface area contributed by atoms with Crippen molar-refractivity contribution in [3.05, 3.63) is 36.0 Å². The Morgan fingerprint density at radius 1 is 1.37 bits per heavy atom. The van der Waals surface area contributed by atoms with Crippen LogP contribution < -0.4 is 15.8 Å². The van der Waals surface area contributed by atoms with E-state index in [2.05, 4.69) is 10.3 Å². The van der Waals surface area contributed by atoms with Crippen molar-refractivity contribution in [2.75, 3.05) is 11.1 Å². The van der Waals surface area contributed by atoms with Gasteiger partial charge in [-0.1, -0.05) is 0 Å². The third kappa shape index (κ3) is 2.10. The van der Waals surface area contributed by atoms with Crippen molar-refractivity contribution in [2.45, 2.75) is 13.5 Å². The smallest absolute Gasteiger partial charge is 0.222 e. The summed E-state index contributed by atoms with van der Waals surface area (Å²) in [6.45, 7) is 1.91. The molecule has 3 rings (SSSR count). The number of amides is 1. The van der Waals surface area contributed by atoms with E-state index < -0.39 is 0 Å². The van der Waals surface area contributed by atoms with Gasteiger partial charge in [-0.05, 0) is 23.8 Å². The molecule has 0 unspecified atom stereocenters. The number of benzene rings is 1. The third-order valence-electron chi connectivity index (χ3n) is 2.97. The van der Waals surface area contributed by atoms with Gasteiger partial charge >= 0.3 is 0 Å². The van der Waals surface area contributed by atoms with Crippen LogP contribution in [0.2, 0.25) is 0 Å². The minimum absolute atomic E-state index is 0.142. The van der Waals surface area contributed by atoms with Crippen molar-refractivity contribution in [2.24, 2.45) is 0 Å². The molecule has 5 heteroatoms. The summed E-state index contributed by atoms with van der Waals surface area (Å²) in [7, 11) is 0. The Morgan fingerprint density at radius 3 is 3.00 bits per heavy atom. The minimum atomic E-state index is -0.142. The SMILES string of the molecule is CC(=O)Nc1cc2c(cn1)COc1cc(N)ccc1-2. The number of hydrogen-bond donors (Lipinski definition) is 2. The van der Waals surface area contributed by atoms with Crippen LogP contribution in [0.4, 0.5) is 11.5 Å². The van der Waals surface area contributed by atoms with Gasteiger partial charge < -0.3 is 15.8 Å². The first kappa shape index (κ1) is 11.5. The highest BCUT2D eigenvalue weighted by Gasteiger charge is 2.18. The molecule has 0 saturated carbocycles. The number of ether oxygens (including phenoxy) is 1. The number of pyridine rings is 1. The van der Waals surface area contributed by atoms with Crippen molar-refractivity contribution >= 4 is 17.4 Å². The Kier molecular flexibility index (Phi) is 2.59. The van der Waals surface area contributed by atoms with Crippen molar-refractivity contribution in [3.63, 3.8) is 0 Å². The number of hydrogen-bond acceptors (Lipinski definition) is 4. The standard InChI is InChI=1S/C14H13N3O2/c1-8(18)17-14-5-12-9(6-16-14)7-19-13-4-10(15)2-3-11(12)13/h2-6H,7,15H2,1H3,(H,16,17,18). The van der Waals surface area contributed by atoms with Gasteiger partial charge in [-0.25, -0.2) is 4.98 Å². The van der Waals surface area contributed by atoms with Gasteiger partial charge in [-0.3, -0.25) is 4.79 Å². The van der Waals surface area contributed by atoms with Crippen molar-refractivity contribution in [1.29, 1.82) is 0 Å². The molecule has 1 aromatic heterocycles. The zero-order valence-electron chi connectivity index (χ0n) is 10.4. The highest BCUT2D eigenvalue weighted by Crippen LogP contribution is 2.39. The lowest BCUT2D eigenvalue weighted by Gasteiger charge is -2.21. The lowest BCUT2D eigenvalue weighted by atomic mass is 9.98. The van der Waals surface area contributed by atoms with E-state index in [0.717, 1.165) is 22.4 Å². The molecule has 0 radical (unpaired) electrons. The molecule has 1 aliphatic heterocycles. The monoisotopic (exact) mass is 255 g/mol. The fraction of sp³-hybridized carbons (Fsp3) is 0.143. The van der Waals surface area contributed by atoms with E-state index in [-0.39, 0.29) is 5.91 Å². The van der Waals surface area contributed by atoms with Gasteiger partial charge in [-0.15, -0.1) is 0 Å². The van der Waals surface area contributed by atoms with Crippen LogP contribution in [0.5, 0.6) is 5.75 Å². The third-order valence-corrected chi connectivity index (χ3v) is 2.97.